The van der Waals surface area contributed by atoms with Gasteiger partial charge in [-0.3, -0.25) is 4.79 Å². The Hall–Kier alpha value is -1.75. The molecule has 1 aromatic carbocycles. The third kappa shape index (κ3) is 2.98. The molecular weight excluding hydrogens is 263 g/mol. The van der Waals surface area contributed by atoms with Crippen molar-refractivity contribution in [2.45, 2.75) is 26.3 Å². The standard InChI is InChI=1S/C14H15FN2OS/c1-3-5-13(18)16-14-17(8-4-2)11-7-6-10(15)9-12(11)19-14/h4,6-7,9H,2-3,5,8H2,1H3. The number of hydrogen-bond acceptors (Lipinski definition) is 2. The van der Waals surface area contributed by atoms with Crippen molar-refractivity contribution in [2.75, 3.05) is 0 Å². The van der Waals surface area contributed by atoms with Gasteiger partial charge >= 0.3 is 0 Å². The van der Waals surface area contributed by atoms with E-state index in [1.54, 1.807) is 12.1 Å². The molecule has 0 saturated carbocycles. The predicted octanol–water partition coefficient (Wildman–Crippen LogP) is 3.26. The van der Waals surface area contributed by atoms with Crippen molar-refractivity contribution in [1.29, 1.82) is 0 Å². The van der Waals surface area contributed by atoms with Crippen molar-refractivity contribution < 1.29 is 9.18 Å². The second-order valence-electron chi connectivity index (χ2n) is 4.15. The summed E-state index contributed by atoms with van der Waals surface area (Å²) in [4.78, 5) is 16.3. The van der Waals surface area contributed by atoms with E-state index in [-0.39, 0.29) is 11.7 Å². The molecule has 2 aromatic rings. The molecule has 0 aliphatic heterocycles. The first-order valence-electron chi connectivity index (χ1n) is 6.13. The van der Waals surface area contributed by atoms with Gasteiger partial charge in [0.2, 0.25) is 5.91 Å². The SMILES string of the molecule is C=CCn1c(=NC(=O)CCC)sc2cc(F)ccc21. The molecule has 0 bridgehead atoms. The lowest BCUT2D eigenvalue weighted by molar-refractivity contribution is -0.118. The number of rotatable bonds is 4. The van der Waals surface area contributed by atoms with Gasteiger partial charge in [-0.2, -0.15) is 4.99 Å². The number of carbonyl (C=O) groups is 1. The number of thiazole rings is 1. The number of halogens is 1. The highest BCUT2D eigenvalue weighted by atomic mass is 32.1. The Morgan fingerprint density at radius 3 is 3.05 bits per heavy atom. The lowest BCUT2D eigenvalue weighted by Crippen LogP contribution is -2.16. The summed E-state index contributed by atoms with van der Waals surface area (Å²) in [5, 5.41) is 0. The molecule has 1 aromatic heterocycles. The van der Waals surface area contributed by atoms with Gasteiger partial charge in [0, 0.05) is 13.0 Å². The second-order valence-corrected chi connectivity index (χ2v) is 5.16. The highest BCUT2D eigenvalue weighted by Gasteiger charge is 2.07. The van der Waals surface area contributed by atoms with Crippen molar-refractivity contribution in [3.05, 3.63) is 41.5 Å². The van der Waals surface area contributed by atoms with Crippen LogP contribution in [0.4, 0.5) is 4.39 Å². The van der Waals surface area contributed by atoms with Crippen molar-refractivity contribution in [3.63, 3.8) is 0 Å². The van der Waals surface area contributed by atoms with Crippen LogP contribution in [0.5, 0.6) is 0 Å². The first-order chi connectivity index (χ1) is 9.15. The van der Waals surface area contributed by atoms with E-state index in [1.165, 1.54) is 23.5 Å². The number of allylic oxidation sites excluding steroid dienone is 1. The fourth-order valence-electron chi connectivity index (χ4n) is 1.81. The molecule has 0 fully saturated rings. The molecule has 0 aliphatic carbocycles. The number of benzene rings is 1. The fraction of sp³-hybridized carbons (Fsp3) is 0.286. The average molecular weight is 278 g/mol. The number of aromatic nitrogens is 1. The summed E-state index contributed by atoms with van der Waals surface area (Å²) in [6, 6.07) is 4.57. The van der Waals surface area contributed by atoms with Crippen LogP contribution in [0, 0.1) is 5.82 Å². The van der Waals surface area contributed by atoms with Gasteiger partial charge in [0.05, 0.1) is 10.2 Å². The third-order valence-electron chi connectivity index (χ3n) is 2.64. The zero-order valence-corrected chi connectivity index (χ0v) is 11.5. The van der Waals surface area contributed by atoms with Crippen LogP contribution >= 0.6 is 11.3 Å². The van der Waals surface area contributed by atoms with Gasteiger partial charge in [-0.15, -0.1) is 6.58 Å². The number of amides is 1. The Morgan fingerprint density at radius 1 is 1.58 bits per heavy atom. The predicted molar refractivity (Wildman–Crippen MR) is 75.4 cm³/mol. The number of fused-ring (bicyclic) bond motifs is 1. The Balaban J connectivity index is 2.62. The summed E-state index contributed by atoms with van der Waals surface area (Å²) in [6.45, 7) is 6.18. The molecule has 3 nitrogen and oxygen atoms in total. The third-order valence-corrected chi connectivity index (χ3v) is 3.68. The van der Waals surface area contributed by atoms with Crippen LogP contribution in [0.25, 0.3) is 10.2 Å². The van der Waals surface area contributed by atoms with Crippen molar-refractivity contribution in [2.24, 2.45) is 4.99 Å². The van der Waals surface area contributed by atoms with Gasteiger partial charge in [-0.1, -0.05) is 24.3 Å². The van der Waals surface area contributed by atoms with Gasteiger partial charge in [0.15, 0.2) is 4.80 Å². The van der Waals surface area contributed by atoms with Gasteiger partial charge < -0.3 is 4.57 Å². The quantitative estimate of drug-likeness (QED) is 0.790. The zero-order chi connectivity index (χ0) is 13.8. The summed E-state index contributed by atoms with van der Waals surface area (Å²) in [7, 11) is 0. The van der Waals surface area contributed by atoms with Crippen LogP contribution in [-0.4, -0.2) is 10.5 Å². The molecule has 100 valence electrons. The van der Waals surface area contributed by atoms with Gasteiger partial charge in [0.25, 0.3) is 0 Å². The minimum atomic E-state index is -0.286. The first kappa shape index (κ1) is 13.7. The van der Waals surface area contributed by atoms with Crippen LogP contribution in [0.15, 0.2) is 35.8 Å². The molecular formula is C14H15FN2OS. The summed E-state index contributed by atoms with van der Waals surface area (Å²) < 4.78 is 15.9. The Bertz CT molecular complexity index is 684. The Labute approximate surface area is 114 Å². The zero-order valence-electron chi connectivity index (χ0n) is 10.7. The largest absolute Gasteiger partial charge is 0.313 e. The van der Waals surface area contributed by atoms with Crippen LogP contribution in [0.1, 0.15) is 19.8 Å². The number of nitrogens with zero attached hydrogens (tertiary/aromatic N) is 2. The van der Waals surface area contributed by atoms with E-state index in [4.69, 9.17) is 0 Å². The number of carbonyl (C=O) groups excluding carboxylic acids is 1. The summed E-state index contributed by atoms with van der Waals surface area (Å²) in [6.07, 6.45) is 2.93. The molecule has 5 heteroatoms. The summed E-state index contributed by atoms with van der Waals surface area (Å²) in [5.41, 5.74) is 0.870. The van der Waals surface area contributed by atoms with Crippen LogP contribution in [-0.2, 0) is 11.3 Å². The van der Waals surface area contributed by atoms with E-state index < -0.39 is 0 Å². The van der Waals surface area contributed by atoms with Crippen LogP contribution < -0.4 is 4.80 Å². The van der Waals surface area contributed by atoms with Gasteiger partial charge in [-0.05, 0) is 24.6 Å². The molecule has 0 atom stereocenters. The van der Waals surface area contributed by atoms with E-state index in [1.807, 2.05) is 11.5 Å². The Morgan fingerprint density at radius 2 is 2.37 bits per heavy atom. The molecule has 1 heterocycles. The molecule has 0 radical (unpaired) electrons. The van der Waals surface area contributed by atoms with Crippen LogP contribution in [0.3, 0.4) is 0 Å². The molecule has 2 rings (SSSR count). The van der Waals surface area contributed by atoms with E-state index in [0.717, 1.165) is 16.6 Å². The van der Waals surface area contributed by atoms with Gasteiger partial charge in [0.1, 0.15) is 5.82 Å². The molecule has 0 saturated heterocycles. The van der Waals surface area contributed by atoms with E-state index in [9.17, 15) is 9.18 Å². The molecule has 1 amide bonds. The highest BCUT2D eigenvalue weighted by Crippen LogP contribution is 2.18. The minimum Gasteiger partial charge on any atom is -0.313 e. The molecule has 0 unspecified atom stereocenters. The second kappa shape index (κ2) is 5.93. The first-order valence-corrected chi connectivity index (χ1v) is 6.94. The fourth-order valence-corrected chi connectivity index (χ4v) is 2.90. The Kier molecular flexibility index (Phi) is 4.27. The van der Waals surface area contributed by atoms with Crippen molar-refractivity contribution in [3.8, 4) is 0 Å². The molecule has 0 aliphatic rings. The van der Waals surface area contributed by atoms with E-state index in [2.05, 4.69) is 11.6 Å². The van der Waals surface area contributed by atoms with E-state index >= 15 is 0 Å². The monoisotopic (exact) mass is 278 g/mol. The highest BCUT2D eigenvalue weighted by molar-refractivity contribution is 7.16. The molecule has 0 N–H and O–H groups in total. The van der Waals surface area contributed by atoms with E-state index in [0.29, 0.717) is 17.8 Å². The molecule has 0 spiro atoms. The summed E-state index contributed by atoms with van der Waals surface area (Å²) >= 11 is 1.32. The number of hydrogen-bond donors (Lipinski definition) is 0. The minimum absolute atomic E-state index is 0.146. The normalized spacial score (nSPS) is 12.0. The average Bonchev–Trinajstić information content (AvgIpc) is 2.67. The van der Waals surface area contributed by atoms with Gasteiger partial charge in [-0.25, -0.2) is 4.39 Å². The van der Waals surface area contributed by atoms with Crippen molar-refractivity contribution in [1.82, 2.24) is 4.57 Å². The lowest BCUT2D eigenvalue weighted by Gasteiger charge is -2.00. The van der Waals surface area contributed by atoms with Crippen LogP contribution in [0.2, 0.25) is 0 Å². The lowest BCUT2D eigenvalue weighted by atomic mass is 10.3. The smallest absolute Gasteiger partial charge is 0.248 e. The maximum atomic E-state index is 13.2. The van der Waals surface area contributed by atoms with Crippen molar-refractivity contribution >= 4 is 27.5 Å². The topological polar surface area (TPSA) is 34.4 Å². The maximum absolute atomic E-state index is 13.2. The maximum Gasteiger partial charge on any atom is 0.248 e. The molecule has 19 heavy (non-hydrogen) atoms. The summed E-state index contributed by atoms with van der Waals surface area (Å²) in [5.74, 6) is -0.432.